The number of hydrogen-bond acceptors (Lipinski definition) is 3. The molecule has 0 aromatic rings. The van der Waals surface area contributed by atoms with Gasteiger partial charge in [0.25, 0.3) is 0 Å². The molecular weight excluding hydrogens is 286 g/mol. The third-order valence-corrected chi connectivity index (χ3v) is 5.07. The average Bonchev–Trinajstić information content (AvgIpc) is 2.61. The Morgan fingerprint density at radius 2 is 1.78 bits per heavy atom. The van der Waals surface area contributed by atoms with E-state index in [4.69, 9.17) is 4.99 Å². The van der Waals surface area contributed by atoms with Gasteiger partial charge in [0.05, 0.1) is 0 Å². The topological polar surface area (TPSA) is 42.9 Å². The average molecular weight is 324 g/mol. The maximum absolute atomic E-state index is 4.84. The lowest BCUT2D eigenvalue weighted by molar-refractivity contribution is 0.186. The highest BCUT2D eigenvalue weighted by molar-refractivity contribution is 5.79. The first-order valence-electron chi connectivity index (χ1n) is 9.78. The molecule has 0 aromatic carbocycles. The Kier molecular flexibility index (Phi) is 8.76. The van der Waals surface area contributed by atoms with Gasteiger partial charge in [-0.3, -0.25) is 4.99 Å². The molecule has 2 rings (SSSR count). The van der Waals surface area contributed by atoms with Gasteiger partial charge in [0.2, 0.25) is 0 Å². The van der Waals surface area contributed by atoms with Gasteiger partial charge in [-0.2, -0.15) is 0 Å². The van der Waals surface area contributed by atoms with E-state index in [1.807, 2.05) is 0 Å². The van der Waals surface area contributed by atoms with Crippen LogP contribution in [0.2, 0.25) is 0 Å². The zero-order valence-electron chi connectivity index (χ0n) is 15.3. The quantitative estimate of drug-likeness (QED) is 0.553. The number of hydrogen-bond donors (Lipinski definition) is 2. The maximum Gasteiger partial charge on any atom is 0.191 e. The van der Waals surface area contributed by atoms with Crippen molar-refractivity contribution in [1.82, 2.24) is 20.4 Å². The summed E-state index contributed by atoms with van der Waals surface area (Å²) < 4.78 is 0. The van der Waals surface area contributed by atoms with E-state index in [2.05, 4.69) is 34.3 Å². The summed E-state index contributed by atoms with van der Waals surface area (Å²) in [6.45, 7) is 14.6. The standard InChI is InChI=1S/C18H37N5/c1-3-19-18(20-10-14-23-11-6-5-7-12-23)21-15-17-9-8-13-22(4-2)16-17/h17H,3-16H2,1-2H3,(H2,19,20,21). The van der Waals surface area contributed by atoms with Crippen molar-refractivity contribution >= 4 is 5.96 Å². The molecule has 2 heterocycles. The molecule has 2 N–H and O–H groups in total. The highest BCUT2D eigenvalue weighted by Crippen LogP contribution is 2.16. The number of nitrogens with zero attached hydrogens (tertiary/aromatic N) is 3. The Morgan fingerprint density at radius 3 is 2.52 bits per heavy atom. The molecule has 0 aromatic heterocycles. The summed E-state index contributed by atoms with van der Waals surface area (Å²) in [6.07, 6.45) is 6.79. The Morgan fingerprint density at radius 1 is 1.00 bits per heavy atom. The van der Waals surface area contributed by atoms with Crippen LogP contribution in [0.15, 0.2) is 4.99 Å². The number of guanidine groups is 1. The molecule has 0 saturated carbocycles. The molecule has 0 amide bonds. The third kappa shape index (κ3) is 7.08. The minimum atomic E-state index is 0.723. The highest BCUT2D eigenvalue weighted by Gasteiger charge is 2.18. The predicted molar refractivity (Wildman–Crippen MR) is 99.1 cm³/mol. The van der Waals surface area contributed by atoms with E-state index in [1.165, 1.54) is 64.8 Å². The van der Waals surface area contributed by atoms with E-state index in [0.717, 1.165) is 38.1 Å². The van der Waals surface area contributed by atoms with Crippen molar-refractivity contribution in [2.24, 2.45) is 10.9 Å². The number of nitrogens with one attached hydrogen (secondary N) is 2. The summed E-state index contributed by atoms with van der Waals surface area (Å²) in [5.41, 5.74) is 0. The zero-order valence-corrected chi connectivity index (χ0v) is 15.3. The van der Waals surface area contributed by atoms with Gasteiger partial charge in [0.1, 0.15) is 0 Å². The van der Waals surface area contributed by atoms with Crippen molar-refractivity contribution in [2.75, 3.05) is 58.9 Å². The fourth-order valence-electron chi connectivity index (χ4n) is 3.67. The molecule has 23 heavy (non-hydrogen) atoms. The summed E-state index contributed by atoms with van der Waals surface area (Å²) in [6, 6.07) is 0. The van der Waals surface area contributed by atoms with Crippen LogP contribution in [0.1, 0.15) is 46.0 Å². The second-order valence-electron chi connectivity index (χ2n) is 6.95. The molecule has 0 spiro atoms. The van der Waals surface area contributed by atoms with E-state index < -0.39 is 0 Å². The molecule has 0 aliphatic carbocycles. The number of likely N-dealkylation sites (tertiary alicyclic amines) is 2. The number of piperidine rings is 2. The lowest BCUT2D eigenvalue weighted by Gasteiger charge is -2.31. The van der Waals surface area contributed by atoms with Crippen molar-refractivity contribution in [3.63, 3.8) is 0 Å². The van der Waals surface area contributed by atoms with Crippen molar-refractivity contribution in [1.29, 1.82) is 0 Å². The molecule has 2 saturated heterocycles. The van der Waals surface area contributed by atoms with Gasteiger partial charge in [-0.05, 0) is 64.7 Å². The summed E-state index contributed by atoms with van der Waals surface area (Å²) >= 11 is 0. The van der Waals surface area contributed by atoms with E-state index in [-0.39, 0.29) is 0 Å². The lowest BCUT2D eigenvalue weighted by atomic mass is 9.98. The van der Waals surface area contributed by atoms with Crippen molar-refractivity contribution < 1.29 is 0 Å². The van der Waals surface area contributed by atoms with Crippen LogP contribution in [0.25, 0.3) is 0 Å². The van der Waals surface area contributed by atoms with Crippen LogP contribution in [0.5, 0.6) is 0 Å². The van der Waals surface area contributed by atoms with Crippen LogP contribution >= 0.6 is 0 Å². The van der Waals surface area contributed by atoms with E-state index in [1.54, 1.807) is 0 Å². The molecule has 2 fully saturated rings. The van der Waals surface area contributed by atoms with Crippen LogP contribution in [-0.4, -0.2) is 74.7 Å². The fourth-order valence-corrected chi connectivity index (χ4v) is 3.67. The Bertz CT molecular complexity index is 338. The van der Waals surface area contributed by atoms with Crippen molar-refractivity contribution in [3.8, 4) is 0 Å². The highest BCUT2D eigenvalue weighted by atomic mass is 15.2. The zero-order chi connectivity index (χ0) is 16.3. The second kappa shape index (κ2) is 10.9. The monoisotopic (exact) mass is 323 g/mol. The van der Waals surface area contributed by atoms with Crippen molar-refractivity contribution in [3.05, 3.63) is 0 Å². The summed E-state index contributed by atoms with van der Waals surface area (Å²) in [5, 5.41) is 6.91. The summed E-state index contributed by atoms with van der Waals surface area (Å²) in [7, 11) is 0. The Hall–Kier alpha value is -0.810. The molecule has 5 heteroatoms. The van der Waals surface area contributed by atoms with Gasteiger partial charge in [-0.15, -0.1) is 0 Å². The molecule has 2 aliphatic heterocycles. The van der Waals surface area contributed by atoms with Crippen LogP contribution in [0.3, 0.4) is 0 Å². The normalized spacial score (nSPS) is 24.6. The number of aliphatic imine (C=N–C) groups is 1. The summed E-state index contributed by atoms with van der Waals surface area (Å²) in [4.78, 5) is 9.96. The fraction of sp³-hybridized carbons (Fsp3) is 0.944. The minimum absolute atomic E-state index is 0.723. The molecule has 2 aliphatic rings. The van der Waals surface area contributed by atoms with E-state index >= 15 is 0 Å². The molecular formula is C18H37N5. The van der Waals surface area contributed by atoms with Crippen LogP contribution in [0, 0.1) is 5.92 Å². The van der Waals surface area contributed by atoms with E-state index in [0.29, 0.717) is 0 Å². The smallest absolute Gasteiger partial charge is 0.191 e. The molecule has 0 bridgehead atoms. The lowest BCUT2D eigenvalue weighted by Crippen LogP contribution is -2.43. The van der Waals surface area contributed by atoms with Gasteiger partial charge in [0.15, 0.2) is 5.96 Å². The van der Waals surface area contributed by atoms with E-state index in [9.17, 15) is 0 Å². The first-order chi connectivity index (χ1) is 11.3. The van der Waals surface area contributed by atoms with Crippen LogP contribution < -0.4 is 10.6 Å². The first-order valence-corrected chi connectivity index (χ1v) is 9.78. The number of rotatable bonds is 7. The molecule has 0 radical (unpaired) electrons. The predicted octanol–water partition coefficient (Wildman–Crippen LogP) is 1.76. The molecule has 1 unspecified atom stereocenters. The Labute approximate surface area is 142 Å². The largest absolute Gasteiger partial charge is 0.357 e. The third-order valence-electron chi connectivity index (χ3n) is 5.07. The summed E-state index contributed by atoms with van der Waals surface area (Å²) in [5.74, 6) is 1.72. The Balaban J connectivity index is 1.70. The molecule has 134 valence electrons. The molecule has 1 atom stereocenters. The molecule has 5 nitrogen and oxygen atoms in total. The van der Waals surface area contributed by atoms with Crippen molar-refractivity contribution in [2.45, 2.75) is 46.0 Å². The SMILES string of the molecule is CCNC(=NCC1CCCN(CC)C1)NCCN1CCCCC1. The first kappa shape index (κ1) is 18.5. The van der Waals surface area contributed by atoms with Gasteiger partial charge in [-0.25, -0.2) is 0 Å². The van der Waals surface area contributed by atoms with Crippen LogP contribution in [0.4, 0.5) is 0 Å². The maximum atomic E-state index is 4.84. The second-order valence-corrected chi connectivity index (χ2v) is 6.95. The van der Waals surface area contributed by atoms with Gasteiger partial charge >= 0.3 is 0 Å². The minimum Gasteiger partial charge on any atom is -0.357 e. The van der Waals surface area contributed by atoms with Gasteiger partial charge in [0, 0.05) is 32.7 Å². The van der Waals surface area contributed by atoms with Gasteiger partial charge in [-0.1, -0.05) is 13.3 Å². The van der Waals surface area contributed by atoms with Crippen LogP contribution in [-0.2, 0) is 0 Å². The van der Waals surface area contributed by atoms with Gasteiger partial charge < -0.3 is 20.4 Å².